The summed E-state index contributed by atoms with van der Waals surface area (Å²) in [4.78, 5) is 40.1. The van der Waals surface area contributed by atoms with Crippen LogP contribution in [0.1, 0.15) is 75.6 Å². The summed E-state index contributed by atoms with van der Waals surface area (Å²) in [6, 6.07) is 5.82. The van der Waals surface area contributed by atoms with Gasteiger partial charge in [0.15, 0.2) is 5.82 Å². The van der Waals surface area contributed by atoms with Gasteiger partial charge in [-0.3, -0.25) is 9.59 Å². The number of piperidine rings is 1. The molecule has 3 aliphatic rings. The van der Waals surface area contributed by atoms with E-state index in [1.807, 2.05) is 13.1 Å². The molecule has 1 saturated heterocycles. The van der Waals surface area contributed by atoms with Crippen LogP contribution in [-0.2, 0) is 4.79 Å². The Hall–Kier alpha value is -3.40. The molecular weight excluding hydrogens is 506 g/mol. The van der Waals surface area contributed by atoms with E-state index >= 15 is 0 Å². The molecule has 216 valence electrons. The zero-order valence-corrected chi connectivity index (χ0v) is 24.3. The Labute approximate surface area is 237 Å². The van der Waals surface area contributed by atoms with Crippen LogP contribution in [-0.4, -0.2) is 67.7 Å². The van der Waals surface area contributed by atoms with E-state index in [-0.39, 0.29) is 17.9 Å². The number of nitrogens with zero attached hydrogens (tertiary/aromatic N) is 4. The standard InChI is InChI=1S/C30H43N7O3/c1-5-30(2)19-37(22-11-7-6-8-12-22)26-24(36(3)28(30)39)18-32-29(35-26)34-23-14-13-20(16-25(23)40-4)27(38)33-21-10-9-15-31-17-21/h13-14,16,18,21-22,31H,5-12,15,17,19H2,1-4H3,(H,33,38)(H,32,34,35)/t21-,30-/m0/s1. The van der Waals surface area contributed by atoms with E-state index in [9.17, 15) is 9.59 Å². The molecule has 5 rings (SSSR count). The lowest BCUT2D eigenvalue weighted by molar-refractivity contribution is -0.126. The maximum atomic E-state index is 13.5. The minimum Gasteiger partial charge on any atom is -0.495 e. The summed E-state index contributed by atoms with van der Waals surface area (Å²) >= 11 is 0. The number of methoxy groups -OCH3 is 1. The smallest absolute Gasteiger partial charge is 0.251 e. The number of nitrogens with one attached hydrogen (secondary N) is 3. The maximum absolute atomic E-state index is 13.5. The Morgan fingerprint density at radius 2 is 2.00 bits per heavy atom. The van der Waals surface area contributed by atoms with Crippen molar-refractivity contribution in [2.24, 2.45) is 5.41 Å². The van der Waals surface area contributed by atoms with Gasteiger partial charge in [0.05, 0.1) is 24.4 Å². The molecule has 3 heterocycles. The number of anilines is 4. The normalized spacial score (nSPS) is 23.8. The maximum Gasteiger partial charge on any atom is 0.251 e. The van der Waals surface area contributed by atoms with Crippen LogP contribution >= 0.6 is 0 Å². The van der Waals surface area contributed by atoms with Crippen LogP contribution in [0.5, 0.6) is 5.75 Å². The molecule has 0 unspecified atom stereocenters. The molecule has 0 spiro atoms. The highest BCUT2D eigenvalue weighted by atomic mass is 16.5. The first kappa shape index (κ1) is 28.1. The van der Waals surface area contributed by atoms with E-state index in [0.717, 1.165) is 56.7 Å². The van der Waals surface area contributed by atoms with Gasteiger partial charge in [0.1, 0.15) is 11.4 Å². The topological polar surface area (TPSA) is 112 Å². The largest absolute Gasteiger partial charge is 0.495 e. The Morgan fingerprint density at radius 3 is 2.70 bits per heavy atom. The number of fused-ring (bicyclic) bond motifs is 1. The molecule has 3 N–H and O–H groups in total. The quantitative estimate of drug-likeness (QED) is 0.470. The molecule has 1 saturated carbocycles. The molecule has 2 fully saturated rings. The van der Waals surface area contributed by atoms with E-state index < -0.39 is 5.41 Å². The van der Waals surface area contributed by atoms with Crippen molar-refractivity contribution in [2.45, 2.75) is 77.3 Å². The van der Waals surface area contributed by atoms with Crippen LogP contribution in [0.4, 0.5) is 23.1 Å². The molecular formula is C30H43N7O3. The van der Waals surface area contributed by atoms with Gasteiger partial charge in [-0.05, 0) is 63.8 Å². The first-order chi connectivity index (χ1) is 19.3. The molecule has 2 aliphatic heterocycles. The van der Waals surface area contributed by atoms with E-state index in [4.69, 9.17) is 9.72 Å². The van der Waals surface area contributed by atoms with Crippen molar-refractivity contribution in [1.82, 2.24) is 20.6 Å². The second-order valence-electron chi connectivity index (χ2n) is 11.7. The van der Waals surface area contributed by atoms with Crippen molar-refractivity contribution in [2.75, 3.05) is 48.9 Å². The lowest BCUT2D eigenvalue weighted by Crippen LogP contribution is -2.47. The number of carbonyl (C=O) groups excluding carboxylic acids is 2. The van der Waals surface area contributed by atoms with Gasteiger partial charge in [0, 0.05) is 37.8 Å². The summed E-state index contributed by atoms with van der Waals surface area (Å²) < 4.78 is 5.65. The molecule has 1 aromatic heterocycles. The SMILES string of the molecule is CC[C@@]1(C)CN(C2CCCCC2)c2nc(Nc3ccc(C(=O)N[C@H]4CCCNC4)cc3OC)ncc2N(C)C1=O. The minimum absolute atomic E-state index is 0.0958. The summed E-state index contributed by atoms with van der Waals surface area (Å²) in [6.45, 7) is 6.56. The van der Waals surface area contributed by atoms with Crippen molar-refractivity contribution < 1.29 is 14.3 Å². The van der Waals surface area contributed by atoms with Gasteiger partial charge in [-0.15, -0.1) is 0 Å². The summed E-state index contributed by atoms with van der Waals surface area (Å²) in [5.41, 5.74) is 1.43. The van der Waals surface area contributed by atoms with Crippen molar-refractivity contribution >= 4 is 35.0 Å². The van der Waals surface area contributed by atoms with Gasteiger partial charge >= 0.3 is 0 Å². The Morgan fingerprint density at radius 1 is 1.20 bits per heavy atom. The fourth-order valence-electron chi connectivity index (χ4n) is 6.17. The van der Waals surface area contributed by atoms with E-state index in [0.29, 0.717) is 35.5 Å². The highest BCUT2D eigenvalue weighted by molar-refractivity contribution is 6.01. The molecule has 2 amide bonds. The number of aromatic nitrogens is 2. The lowest BCUT2D eigenvalue weighted by atomic mass is 9.84. The second-order valence-corrected chi connectivity index (χ2v) is 11.7. The molecule has 1 aliphatic carbocycles. The van der Waals surface area contributed by atoms with Crippen LogP contribution < -0.4 is 30.5 Å². The second kappa shape index (κ2) is 12.0. The van der Waals surface area contributed by atoms with Crippen molar-refractivity contribution in [3.63, 3.8) is 0 Å². The number of benzene rings is 1. The number of rotatable bonds is 7. The van der Waals surface area contributed by atoms with Gasteiger partial charge in [-0.1, -0.05) is 26.2 Å². The summed E-state index contributed by atoms with van der Waals surface area (Å²) in [6.07, 6.45) is 10.3. The average Bonchev–Trinajstić information content (AvgIpc) is 3.07. The Bertz CT molecular complexity index is 1230. The van der Waals surface area contributed by atoms with Gasteiger partial charge in [0.2, 0.25) is 11.9 Å². The number of amides is 2. The number of hydrogen-bond acceptors (Lipinski definition) is 8. The molecule has 0 radical (unpaired) electrons. The first-order valence-corrected chi connectivity index (χ1v) is 14.7. The van der Waals surface area contributed by atoms with Gasteiger partial charge in [-0.25, -0.2) is 4.98 Å². The van der Waals surface area contributed by atoms with E-state index in [1.54, 1.807) is 30.3 Å². The summed E-state index contributed by atoms with van der Waals surface area (Å²) in [7, 11) is 3.41. The average molecular weight is 550 g/mol. The number of ether oxygens (including phenoxy) is 1. The highest BCUT2D eigenvalue weighted by Crippen LogP contribution is 2.41. The number of hydrogen-bond donors (Lipinski definition) is 3. The van der Waals surface area contributed by atoms with Gasteiger partial charge in [0.25, 0.3) is 5.91 Å². The lowest BCUT2D eigenvalue weighted by Gasteiger charge is -2.38. The van der Waals surface area contributed by atoms with Crippen LogP contribution in [0.15, 0.2) is 24.4 Å². The third-order valence-electron chi connectivity index (χ3n) is 8.86. The predicted molar refractivity (Wildman–Crippen MR) is 158 cm³/mol. The van der Waals surface area contributed by atoms with E-state index in [2.05, 4.69) is 39.7 Å². The summed E-state index contributed by atoms with van der Waals surface area (Å²) in [5.74, 6) is 1.72. The van der Waals surface area contributed by atoms with Crippen molar-refractivity contribution in [1.29, 1.82) is 0 Å². The third-order valence-corrected chi connectivity index (χ3v) is 8.86. The molecule has 2 atom stereocenters. The van der Waals surface area contributed by atoms with E-state index in [1.165, 1.54) is 19.3 Å². The van der Waals surface area contributed by atoms with Crippen molar-refractivity contribution in [3.05, 3.63) is 30.0 Å². The van der Waals surface area contributed by atoms with Gasteiger partial charge < -0.3 is 30.5 Å². The zero-order valence-electron chi connectivity index (χ0n) is 24.3. The molecule has 0 bridgehead atoms. The van der Waals surface area contributed by atoms with Crippen LogP contribution in [0.2, 0.25) is 0 Å². The van der Waals surface area contributed by atoms with Crippen LogP contribution in [0.25, 0.3) is 0 Å². The van der Waals surface area contributed by atoms with Crippen LogP contribution in [0.3, 0.4) is 0 Å². The Balaban J connectivity index is 1.42. The minimum atomic E-state index is -0.506. The monoisotopic (exact) mass is 549 g/mol. The molecule has 1 aromatic carbocycles. The summed E-state index contributed by atoms with van der Waals surface area (Å²) in [5, 5.41) is 9.74. The first-order valence-electron chi connectivity index (χ1n) is 14.7. The fourth-order valence-corrected chi connectivity index (χ4v) is 6.17. The molecule has 10 nitrogen and oxygen atoms in total. The molecule has 2 aromatic rings. The highest BCUT2D eigenvalue weighted by Gasteiger charge is 2.43. The fraction of sp³-hybridized carbons (Fsp3) is 0.600. The Kier molecular flexibility index (Phi) is 8.44. The molecule has 10 heteroatoms. The number of carbonyl (C=O) groups is 2. The molecule has 40 heavy (non-hydrogen) atoms. The van der Waals surface area contributed by atoms with Gasteiger partial charge in [-0.2, -0.15) is 4.98 Å². The predicted octanol–water partition coefficient (Wildman–Crippen LogP) is 4.24. The third kappa shape index (κ3) is 5.73. The van der Waals surface area contributed by atoms with Crippen molar-refractivity contribution in [3.8, 4) is 5.75 Å². The van der Waals surface area contributed by atoms with Crippen LogP contribution in [0, 0.1) is 5.41 Å². The zero-order chi connectivity index (χ0) is 28.3.